The molecule has 2 rings (SSSR count). The third-order valence-electron chi connectivity index (χ3n) is 7.91. The Bertz CT molecular complexity index is 1260. The zero-order chi connectivity index (χ0) is 32.3. The zero-order valence-electron chi connectivity index (χ0n) is 26.5. The monoisotopic (exact) mass is 614 g/mol. The lowest BCUT2D eigenvalue weighted by Gasteiger charge is -2.35. The molecule has 6 atom stereocenters. The topological polar surface area (TPSA) is 158 Å². The molecule has 0 bridgehead atoms. The molecule has 0 radical (unpaired) electrons. The van der Waals surface area contributed by atoms with Crippen molar-refractivity contribution in [3.8, 4) is 0 Å². The third kappa shape index (κ3) is 10.3. The van der Waals surface area contributed by atoms with Crippen molar-refractivity contribution >= 4 is 29.1 Å². The van der Waals surface area contributed by atoms with Crippen LogP contribution in [0, 0.1) is 24.7 Å². The maximum atomic E-state index is 13.3. The molecular formula is C31H46N6O5S. The normalized spacial score (nSPS) is 15.4. The fraction of sp³-hybridized carbons (Fsp3) is 0.613. The summed E-state index contributed by atoms with van der Waals surface area (Å²) in [7, 11) is 3.00. The lowest BCUT2D eigenvalue weighted by Crippen LogP contribution is -2.47. The van der Waals surface area contributed by atoms with Gasteiger partial charge in [0.05, 0.1) is 13.0 Å². The molecule has 1 aromatic carbocycles. The van der Waals surface area contributed by atoms with E-state index in [1.165, 1.54) is 18.4 Å². The van der Waals surface area contributed by atoms with Crippen molar-refractivity contribution in [1.82, 2.24) is 15.2 Å². The van der Waals surface area contributed by atoms with Gasteiger partial charge in [-0.05, 0) is 42.7 Å². The van der Waals surface area contributed by atoms with E-state index in [0.717, 1.165) is 11.1 Å². The SMILES string of the molecule is CCC(C)[C@H](N=[N+]=[N-])C(=O)N(C)C(C[C@@H](O)c1nc(C(=O)N[C@@H](Cc2ccc(C)cc2)C[C@H](C)C(=O)OC)cs1)C(C)C. The predicted molar refractivity (Wildman–Crippen MR) is 167 cm³/mol. The van der Waals surface area contributed by atoms with Crippen molar-refractivity contribution < 1.29 is 24.2 Å². The average molecular weight is 615 g/mol. The molecule has 236 valence electrons. The number of ether oxygens (including phenoxy) is 1. The Kier molecular flexibility index (Phi) is 14.1. The Morgan fingerprint density at radius 2 is 1.81 bits per heavy atom. The van der Waals surface area contributed by atoms with Crippen LogP contribution in [0.1, 0.15) is 86.6 Å². The molecule has 43 heavy (non-hydrogen) atoms. The number of amides is 2. The number of methoxy groups -OCH3 is 1. The number of hydrogen-bond acceptors (Lipinski definition) is 8. The molecule has 2 unspecified atom stereocenters. The van der Waals surface area contributed by atoms with Gasteiger partial charge in [-0.2, -0.15) is 0 Å². The number of likely N-dealkylation sites (N-methyl/N-ethyl adjacent to an activating group) is 1. The van der Waals surface area contributed by atoms with Crippen LogP contribution in [0.4, 0.5) is 0 Å². The van der Waals surface area contributed by atoms with Crippen LogP contribution in [0.15, 0.2) is 34.8 Å². The Labute approximate surface area is 258 Å². The second-order valence-electron chi connectivity index (χ2n) is 11.6. The zero-order valence-corrected chi connectivity index (χ0v) is 27.3. The number of carbonyl (C=O) groups excluding carboxylic acids is 3. The van der Waals surface area contributed by atoms with Crippen molar-refractivity contribution in [3.63, 3.8) is 0 Å². The molecular weight excluding hydrogens is 568 g/mol. The summed E-state index contributed by atoms with van der Waals surface area (Å²) in [5, 5.41) is 19.8. The summed E-state index contributed by atoms with van der Waals surface area (Å²) in [6.07, 6.45) is 0.769. The molecule has 1 aromatic heterocycles. The minimum Gasteiger partial charge on any atom is -0.469 e. The summed E-state index contributed by atoms with van der Waals surface area (Å²) < 4.78 is 4.88. The Morgan fingerprint density at radius 1 is 1.16 bits per heavy atom. The molecule has 0 aliphatic heterocycles. The summed E-state index contributed by atoms with van der Waals surface area (Å²) in [4.78, 5) is 47.5. The maximum Gasteiger partial charge on any atom is 0.308 e. The molecule has 2 N–H and O–H groups in total. The Hall–Kier alpha value is -3.47. The second-order valence-corrected chi connectivity index (χ2v) is 12.5. The van der Waals surface area contributed by atoms with Crippen LogP contribution in [0.5, 0.6) is 0 Å². The molecule has 0 aliphatic rings. The van der Waals surface area contributed by atoms with Gasteiger partial charge in [0.15, 0.2) is 0 Å². The number of thiazole rings is 1. The smallest absolute Gasteiger partial charge is 0.308 e. The van der Waals surface area contributed by atoms with E-state index >= 15 is 0 Å². The summed E-state index contributed by atoms with van der Waals surface area (Å²) in [5.41, 5.74) is 11.3. The van der Waals surface area contributed by atoms with Crippen molar-refractivity contribution in [1.29, 1.82) is 0 Å². The first-order valence-corrected chi connectivity index (χ1v) is 15.6. The standard InChI is InChI=1S/C31H46N6O5S/c1-9-20(5)27(35-36-32)30(40)37(7)25(18(2)3)16-26(38)29-34-24(17-43-29)28(39)33-23(14-21(6)31(41)42-8)15-22-12-10-19(4)11-13-22/h10-13,17-18,20-21,23,25-27,38H,9,14-16H2,1-8H3,(H,33,39)/t20?,21-,23+,25?,26+,27-/m0/s1. The highest BCUT2D eigenvalue weighted by Crippen LogP contribution is 2.28. The predicted octanol–water partition coefficient (Wildman–Crippen LogP) is 5.62. The second kappa shape index (κ2) is 17.0. The fourth-order valence-electron chi connectivity index (χ4n) is 5.00. The molecule has 2 aromatic rings. The fourth-order valence-corrected chi connectivity index (χ4v) is 5.79. The molecule has 1 heterocycles. The number of aromatic nitrogens is 1. The number of aliphatic hydroxyl groups excluding tert-OH is 1. The van der Waals surface area contributed by atoms with Crippen molar-refractivity contribution in [2.45, 2.75) is 91.5 Å². The summed E-state index contributed by atoms with van der Waals surface area (Å²) in [6.45, 7) is 11.5. The number of aryl methyl sites for hydroxylation is 1. The van der Waals surface area contributed by atoms with Gasteiger partial charge in [-0.25, -0.2) is 4.98 Å². The summed E-state index contributed by atoms with van der Waals surface area (Å²) in [6, 6.07) is 6.47. The van der Waals surface area contributed by atoms with Crippen LogP contribution >= 0.6 is 11.3 Å². The van der Waals surface area contributed by atoms with E-state index in [1.807, 2.05) is 58.9 Å². The first-order valence-electron chi connectivity index (χ1n) is 14.7. The number of benzene rings is 1. The molecule has 0 saturated heterocycles. The van der Waals surface area contributed by atoms with E-state index in [-0.39, 0.29) is 47.9 Å². The minimum atomic E-state index is -1.02. The molecule has 0 spiro atoms. The van der Waals surface area contributed by atoms with Gasteiger partial charge in [0, 0.05) is 35.8 Å². The number of rotatable bonds is 16. The number of hydrogen-bond donors (Lipinski definition) is 2. The number of nitrogens with zero attached hydrogens (tertiary/aromatic N) is 5. The third-order valence-corrected chi connectivity index (χ3v) is 8.86. The molecule has 0 saturated carbocycles. The lowest BCUT2D eigenvalue weighted by atomic mass is 9.93. The number of carbonyl (C=O) groups is 3. The number of esters is 1. The largest absolute Gasteiger partial charge is 0.469 e. The van der Waals surface area contributed by atoms with Crippen LogP contribution < -0.4 is 5.32 Å². The molecule has 2 amide bonds. The van der Waals surface area contributed by atoms with Gasteiger partial charge in [-0.15, -0.1) is 11.3 Å². The highest BCUT2D eigenvalue weighted by molar-refractivity contribution is 7.09. The van der Waals surface area contributed by atoms with E-state index in [4.69, 9.17) is 10.3 Å². The van der Waals surface area contributed by atoms with Gasteiger partial charge >= 0.3 is 5.97 Å². The Balaban J connectivity index is 2.18. The number of nitrogens with one attached hydrogen (secondary N) is 1. The minimum absolute atomic E-state index is 0.00527. The van der Waals surface area contributed by atoms with Gasteiger partial charge in [-0.1, -0.05) is 76.0 Å². The van der Waals surface area contributed by atoms with Crippen LogP contribution in [0.25, 0.3) is 10.4 Å². The first-order chi connectivity index (χ1) is 20.3. The van der Waals surface area contributed by atoms with E-state index < -0.39 is 24.0 Å². The van der Waals surface area contributed by atoms with E-state index in [2.05, 4.69) is 20.3 Å². The van der Waals surface area contributed by atoms with E-state index in [0.29, 0.717) is 24.3 Å². The van der Waals surface area contributed by atoms with Gasteiger partial charge in [-0.3, -0.25) is 14.4 Å². The highest BCUT2D eigenvalue weighted by atomic mass is 32.1. The van der Waals surface area contributed by atoms with Crippen LogP contribution in [-0.4, -0.2) is 65.1 Å². The van der Waals surface area contributed by atoms with Gasteiger partial charge in [0.25, 0.3) is 5.91 Å². The number of aliphatic hydroxyl groups is 1. The molecule has 11 nitrogen and oxygen atoms in total. The van der Waals surface area contributed by atoms with Crippen molar-refractivity contribution in [2.75, 3.05) is 14.2 Å². The van der Waals surface area contributed by atoms with E-state index in [1.54, 1.807) is 24.3 Å². The lowest BCUT2D eigenvalue weighted by molar-refractivity contribution is -0.145. The first kappa shape index (κ1) is 35.7. The summed E-state index contributed by atoms with van der Waals surface area (Å²) >= 11 is 1.17. The van der Waals surface area contributed by atoms with Crippen LogP contribution in [0.3, 0.4) is 0 Å². The summed E-state index contributed by atoms with van der Waals surface area (Å²) in [5.74, 6) is -1.59. The molecule has 0 fully saturated rings. The van der Waals surface area contributed by atoms with Crippen LogP contribution in [0.2, 0.25) is 0 Å². The average Bonchev–Trinajstić information content (AvgIpc) is 3.49. The van der Waals surface area contributed by atoms with Crippen molar-refractivity contribution in [3.05, 3.63) is 61.9 Å². The molecule has 12 heteroatoms. The van der Waals surface area contributed by atoms with Gasteiger partial charge < -0.3 is 20.1 Å². The van der Waals surface area contributed by atoms with E-state index in [9.17, 15) is 19.5 Å². The van der Waals surface area contributed by atoms with Crippen molar-refractivity contribution in [2.24, 2.45) is 22.9 Å². The maximum absolute atomic E-state index is 13.3. The van der Waals surface area contributed by atoms with Crippen LogP contribution in [-0.2, 0) is 20.7 Å². The Morgan fingerprint density at radius 3 is 2.37 bits per heavy atom. The number of azide groups is 1. The quantitative estimate of drug-likeness (QED) is 0.108. The van der Waals surface area contributed by atoms with Gasteiger partial charge in [0.1, 0.15) is 22.8 Å². The highest BCUT2D eigenvalue weighted by Gasteiger charge is 2.33. The van der Waals surface area contributed by atoms with Gasteiger partial charge in [0.2, 0.25) is 5.91 Å². The molecule has 0 aliphatic carbocycles.